The fourth-order valence-corrected chi connectivity index (χ4v) is 4.36. The number of aryl methyl sites for hydroxylation is 2. The summed E-state index contributed by atoms with van der Waals surface area (Å²) >= 11 is 0. The number of nitrogens with zero attached hydrogens (tertiary/aromatic N) is 4. The first-order valence-electron chi connectivity index (χ1n) is 11.9. The Morgan fingerprint density at radius 1 is 0.946 bits per heavy atom. The van der Waals surface area contributed by atoms with Crippen molar-refractivity contribution in [1.29, 1.82) is 0 Å². The highest BCUT2D eigenvalue weighted by molar-refractivity contribution is 5.91. The Morgan fingerprint density at radius 2 is 1.70 bits per heavy atom. The molecule has 0 atom stereocenters. The maximum Gasteiger partial charge on any atom is 0.263 e. The maximum atomic E-state index is 13.4. The summed E-state index contributed by atoms with van der Waals surface area (Å²) in [6, 6.07) is 20.6. The Kier molecular flexibility index (Phi) is 6.59. The number of amides is 1. The van der Waals surface area contributed by atoms with E-state index in [4.69, 9.17) is 9.47 Å². The molecule has 0 spiro atoms. The molecule has 0 aliphatic heterocycles. The standard InChI is InChI=1S/C28H27N5O4/c1-18-8-10-19(11-9-18)17-32-27(35)21-6-4-5-7-22(21)33-25(30-31-28(32)33)14-15-26(34)29-20-12-13-23(36-2)24(16-20)37-3/h4-13,16H,14-15,17H2,1-3H3,(H,29,34). The van der Waals surface area contributed by atoms with E-state index in [2.05, 4.69) is 15.5 Å². The summed E-state index contributed by atoms with van der Waals surface area (Å²) < 4.78 is 14.1. The van der Waals surface area contributed by atoms with Crippen molar-refractivity contribution in [3.8, 4) is 11.5 Å². The lowest BCUT2D eigenvalue weighted by molar-refractivity contribution is -0.116. The van der Waals surface area contributed by atoms with Gasteiger partial charge in [-0.3, -0.25) is 18.6 Å². The van der Waals surface area contributed by atoms with E-state index in [1.54, 1.807) is 43.1 Å². The van der Waals surface area contributed by atoms with Gasteiger partial charge in [0, 0.05) is 24.6 Å². The molecule has 0 unspecified atom stereocenters. The molecule has 0 bridgehead atoms. The van der Waals surface area contributed by atoms with Crippen molar-refractivity contribution < 1.29 is 14.3 Å². The Labute approximate surface area is 213 Å². The number of rotatable bonds is 8. The van der Waals surface area contributed by atoms with Gasteiger partial charge < -0.3 is 14.8 Å². The SMILES string of the molecule is COc1ccc(NC(=O)CCc2nnc3n(Cc4ccc(C)cc4)c(=O)c4ccccc4n23)cc1OC. The van der Waals surface area contributed by atoms with Gasteiger partial charge in [-0.05, 0) is 36.8 Å². The summed E-state index contributed by atoms with van der Waals surface area (Å²) in [6.07, 6.45) is 0.521. The molecule has 9 heteroatoms. The average molecular weight is 498 g/mol. The third-order valence-corrected chi connectivity index (χ3v) is 6.28. The minimum atomic E-state index is -0.179. The van der Waals surface area contributed by atoms with Crippen molar-refractivity contribution in [2.75, 3.05) is 19.5 Å². The van der Waals surface area contributed by atoms with Gasteiger partial charge in [-0.15, -0.1) is 10.2 Å². The molecule has 1 N–H and O–H groups in total. The van der Waals surface area contributed by atoms with Gasteiger partial charge in [0.2, 0.25) is 11.7 Å². The van der Waals surface area contributed by atoms with Gasteiger partial charge in [0.1, 0.15) is 5.82 Å². The molecule has 188 valence electrons. The number of carbonyl (C=O) groups excluding carboxylic acids is 1. The van der Waals surface area contributed by atoms with Crippen LogP contribution in [-0.4, -0.2) is 39.3 Å². The van der Waals surface area contributed by atoms with Crippen LogP contribution in [0.1, 0.15) is 23.4 Å². The van der Waals surface area contributed by atoms with Crippen LogP contribution in [-0.2, 0) is 17.8 Å². The van der Waals surface area contributed by atoms with Crippen molar-refractivity contribution in [2.45, 2.75) is 26.3 Å². The molecule has 9 nitrogen and oxygen atoms in total. The molecular formula is C28H27N5O4. The van der Waals surface area contributed by atoms with E-state index in [0.717, 1.165) is 11.1 Å². The van der Waals surface area contributed by atoms with E-state index in [1.807, 2.05) is 53.8 Å². The molecule has 0 saturated heterocycles. The first-order valence-corrected chi connectivity index (χ1v) is 11.9. The molecule has 2 heterocycles. The van der Waals surface area contributed by atoms with Crippen LogP contribution < -0.4 is 20.3 Å². The highest BCUT2D eigenvalue weighted by atomic mass is 16.5. The molecule has 0 fully saturated rings. The molecular weight excluding hydrogens is 470 g/mol. The van der Waals surface area contributed by atoms with Crippen LogP contribution in [0.5, 0.6) is 11.5 Å². The topological polar surface area (TPSA) is 99.7 Å². The van der Waals surface area contributed by atoms with Crippen molar-refractivity contribution in [3.63, 3.8) is 0 Å². The summed E-state index contributed by atoms with van der Waals surface area (Å²) in [5.41, 5.74) is 3.32. The molecule has 2 aromatic heterocycles. The monoisotopic (exact) mass is 497 g/mol. The van der Waals surface area contributed by atoms with Crippen LogP contribution in [0, 0.1) is 6.92 Å². The smallest absolute Gasteiger partial charge is 0.263 e. The molecule has 5 aromatic rings. The normalized spacial score (nSPS) is 11.1. The number of ether oxygens (including phenoxy) is 2. The summed E-state index contributed by atoms with van der Waals surface area (Å²) in [5, 5.41) is 12.2. The number of hydrogen-bond donors (Lipinski definition) is 1. The molecule has 0 aliphatic rings. The van der Waals surface area contributed by atoms with Gasteiger partial charge in [-0.1, -0.05) is 42.0 Å². The van der Waals surface area contributed by atoms with Crippen molar-refractivity contribution in [3.05, 3.63) is 94.0 Å². The van der Waals surface area contributed by atoms with Gasteiger partial charge >= 0.3 is 0 Å². The number of methoxy groups -OCH3 is 2. The maximum absolute atomic E-state index is 13.4. The van der Waals surface area contributed by atoms with E-state index < -0.39 is 0 Å². The molecule has 37 heavy (non-hydrogen) atoms. The van der Waals surface area contributed by atoms with Crippen molar-refractivity contribution in [2.24, 2.45) is 0 Å². The number of para-hydroxylation sites is 1. The number of aromatic nitrogens is 4. The largest absolute Gasteiger partial charge is 0.493 e. The third-order valence-electron chi connectivity index (χ3n) is 6.28. The number of nitrogens with one attached hydrogen (secondary N) is 1. The summed E-state index contributed by atoms with van der Waals surface area (Å²) in [7, 11) is 3.10. The second-order valence-corrected chi connectivity index (χ2v) is 8.76. The second kappa shape index (κ2) is 10.1. The van der Waals surface area contributed by atoms with Crippen LogP contribution in [0.15, 0.2) is 71.5 Å². The van der Waals surface area contributed by atoms with Crippen LogP contribution in [0.4, 0.5) is 5.69 Å². The molecule has 0 saturated carbocycles. The van der Waals surface area contributed by atoms with E-state index >= 15 is 0 Å². The molecule has 0 radical (unpaired) electrons. The number of fused-ring (bicyclic) bond motifs is 3. The second-order valence-electron chi connectivity index (χ2n) is 8.76. The first-order chi connectivity index (χ1) is 18.0. The van der Waals surface area contributed by atoms with E-state index in [-0.39, 0.29) is 17.9 Å². The number of anilines is 1. The Balaban J connectivity index is 1.44. The van der Waals surface area contributed by atoms with Gasteiger partial charge in [-0.2, -0.15) is 0 Å². The quantitative estimate of drug-likeness (QED) is 0.348. The zero-order valence-corrected chi connectivity index (χ0v) is 20.9. The molecule has 5 rings (SSSR count). The zero-order chi connectivity index (χ0) is 25.9. The summed E-state index contributed by atoms with van der Waals surface area (Å²) in [5.74, 6) is 1.98. The van der Waals surface area contributed by atoms with Gasteiger partial charge in [0.05, 0.1) is 31.7 Å². The van der Waals surface area contributed by atoms with Gasteiger partial charge in [-0.25, -0.2) is 0 Å². The lowest BCUT2D eigenvalue weighted by Gasteiger charge is -2.12. The Morgan fingerprint density at radius 3 is 2.46 bits per heavy atom. The number of hydrogen-bond acceptors (Lipinski definition) is 6. The highest BCUT2D eigenvalue weighted by Crippen LogP contribution is 2.29. The van der Waals surface area contributed by atoms with Crippen LogP contribution in [0.2, 0.25) is 0 Å². The number of carbonyl (C=O) groups is 1. The fraction of sp³-hybridized carbons (Fsp3) is 0.214. The molecule has 1 amide bonds. The summed E-state index contributed by atoms with van der Waals surface area (Å²) in [6.45, 7) is 2.39. The van der Waals surface area contributed by atoms with Crippen molar-refractivity contribution >= 4 is 28.3 Å². The van der Waals surface area contributed by atoms with Crippen LogP contribution in [0.25, 0.3) is 16.7 Å². The minimum absolute atomic E-state index is 0.131. The Hall–Kier alpha value is -4.66. The predicted octanol–water partition coefficient (Wildman–Crippen LogP) is 3.99. The third kappa shape index (κ3) is 4.75. The van der Waals surface area contributed by atoms with E-state index in [0.29, 0.717) is 52.7 Å². The fourth-order valence-electron chi connectivity index (χ4n) is 4.36. The minimum Gasteiger partial charge on any atom is -0.493 e. The predicted molar refractivity (Wildman–Crippen MR) is 142 cm³/mol. The summed E-state index contributed by atoms with van der Waals surface area (Å²) in [4.78, 5) is 26.1. The molecule has 0 aliphatic carbocycles. The van der Waals surface area contributed by atoms with E-state index in [9.17, 15) is 9.59 Å². The molecule has 3 aromatic carbocycles. The van der Waals surface area contributed by atoms with Crippen molar-refractivity contribution in [1.82, 2.24) is 19.2 Å². The zero-order valence-electron chi connectivity index (χ0n) is 20.9. The first kappa shape index (κ1) is 24.1. The Bertz CT molecular complexity index is 1650. The highest BCUT2D eigenvalue weighted by Gasteiger charge is 2.18. The van der Waals surface area contributed by atoms with E-state index in [1.165, 1.54) is 0 Å². The lowest BCUT2D eigenvalue weighted by Crippen LogP contribution is -2.24. The van der Waals surface area contributed by atoms with Gasteiger partial charge in [0.15, 0.2) is 11.5 Å². The van der Waals surface area contributed by atoms with Gasteiger partial charge in [0.25, 0.3) is 5.56 Å². The van der Waals surface area contributed by atoms with Crippen LogP contribution in [0.3, 0.4) is 0 Å². The lowest BCUT2D eigenvalue weighted by atomic mass is 10.1. The van der Waals surface area contributed by atoms with Crippen LogP contribution >= 0.6 is 0 Å². The number of benzene rings is 3. The average Bonchev–Trinajstić information content (AvgIpc) is 3.35.